The van der Waals surface area contributed by atoms with Crippen LogP contribution >= 0.6 is 0 Å². The molecule has 2 heteroatoms. The molecule has 6 aromatic carbocycles. The van der Waals surface area contributed by atoms with Gasteiger partial charge in [0, 0.05) is 34.1 Å². The van der Waals surface area contributed by atoms with Gasteiger partial charge in [-0.3, -0.25) is 0 Å². The van der Waals surface area contributed by atoms with Crippen molar-refractivity contribution in [1.29, 1.82) is 0 Å². The average molecular weight is 529 g/mol. The van der Waals surface area contributed by atoms with E-state index in [-0.39, 0.29) is 0 Å². The third kappa shape index (κ3) is 6.13. The zero-order valence-electron chi connectivity index (χ0n) is 23.1. The largest absolute Gasteiger partial charge is 0.311 e. The lowest BCUT2D eigenvalue weighted by Crippen LogP contribution is -2.09. The first kappa shape index (κ1) is 25.9. The van der Waals surface area contributed by atoms with Crippen molar-refractivity contribution in [3.05, 3.63) is 180 Å². The van der Waals surface area contributed by atoms with Crippen LogP contribution in [0.5, 0.6) is 0 Å². The Labute approximate surface area is 243 Å². The van der Waals surface area contributed by atoms with E-state index < -0.39 is 0 Å². The van der Waals surface area contributed by atoms with E-state index in [2.05, 4.69) is 193 Å². The van der Waals surface area contributed by atoms with Gasteiger partial charge in [-0.05, 0) is 96.4 Å². The molecule has 0 unspecified atom stereocenters. The summed E-state index contributed by atoms with van der Waals surface area (Å²) in [7, 11) is 0. The molecule has 0 saturated heterocycles. The highest BCUT2D eigenvalue weighted by atomic mass is 15.1. The standard InChI is InChI=1S/C39H32N2/c1-31-12-11-19-39(30-31)41(36-17-9-4-10-18-36)38-28-24-33(25-29-38)21-20-32-22-26-37(27-23-32)40(34-13-5-2-6-14-34)35-15-7-3-8-16-35/h2-30H,1H3. The fourth-order valence-corrected chi connectivity index (χ4v) is 5.05. The topological polar surface area (TPSA) is 6.48 Å². The molecular formula is C39H32N2. The number of nitrogens with zero attached hydrogens (tertiary/aromatic N) is 2. The first-order valence-corrected chi connectivity index (χ1v) is 13.9. The molecule has 6 rings (SSSR count). The van der Waals surface area contributed by atoms with E-state index >= 15 is 0 Å². The van der Waals surface area contributed by atoms with Gasteiger partial charge in [-0.1, -0.05) is 103 Å². The predicted octanol–water partition coefficient (Wildman–Crippen LogP) is 11.1. The zero-order chi connectivity index (χ0) is 27.9. The van der Waals surface area contributed by atoms with Crippen LogP contribution in [0.4, 0.5) is 34.1 Å². The van der Waals surface area contributed by atoms with E-state index in [1.165, 1.54) is 5.56 Å². The fraction of sp³-hybridized carbons (Fsp3) is 0.0256. The summed E-state index contributed by atoms with van der Waals surface area (Å²) in [6.45, 7) is 2.13. The van der Waals surface area contributed by atoms with Crippen molar-refractivity contribution < 1.29 is 0 Å². The molecule has 0 saturated carbocycles. The minimum absolute atomic E-state index is 1.13. The van der Waals surface area contributed by atoms with Gasteiger partial charge in [0.25, 0.3) is 0 Å². The molecule has 198 valence electrons. The van der Waals surface area contributed by atoms with Gasteiger partial charge in [0.2, 0.25) is 0 Å². The van der Waals surface area contributed by atoms with Gasteiger partial charge in [-0.2, -0.15) is 0 Å². The van der Waals surface area contributed by atoms with Crippen molar-refractivity contribution in [2.75, 3.05) is 9.80 Å². The van der Waals surface area contributed by atoms with Gasteiger partial charge < -0.3 is 9.80 Å². The molecular weight excluding hydrogens is 496 g/mol. The Hall–Kier alpha value is -5.34. The molecule has 0 spiro atoms. The van der Waals surface area contributed by atoms with Gasteiger partial charge >= 0.3 is 0 Å². The summed E-state index contributed by atoms with van der Waals surface area (Å²) in [5.41, 5.74) is 10.4. The van der Waals surface area contributed by atoms with Crippen molar-refractivity contribution in [1.82, 2.24) is 0 Å². The molecule has 0 heterocycles. The molecule has 0 aliphatic heterocycles. The molecule has 0 atom stereocenters. The Morgan fingerprint density at radius 2 is 0.683 bits per heavy atom. The molecule has 0 amide bonds. The molecule has 0 N–H and O–H groups in total. The highest BCUT2D eigenvalue weighted by molar-refractivity contribution is 5.80. The monoisotopic (exact) mass is 528 g/mol. The van der Waals surface area contributed by atoms with E-state index in [0.29, 0.717) is 0 Å². The van der Waals surface area contributed by atoms with E-state index in [0.717, 1.165) is 45.3 Å². The summed E-state index contributed by atoms with van der Waals surface area (Å²) in [5, 5.41) is 0. The summed E-state index contributed by atoms with van der Waals surface area (Å²) in [5.74, 6) is 0. The third-order valence-corrected chi connectivity index (χ3v) is 7.07. The van der Waals surface area contributed by atoms with Gasteiger partial charge in [0.05, 0.1) is 0 Å². The lowest BCUT2D eigenvalue weighted by Gasteiger charge is -2.25. The second kappa shape index (κ2) is 12.2. The van der Waals surface area contributed by atoms with Crippen molar-refractivity contribution in [3.63, 3.8) is 0 Å². The molecule has 0 bridgehead atoms. The first-order valence-electron chi connectivity index (χ1n) is 13.9. The molecule has 0 aliphatic rings. The number of benzene rings is 6. The third-order valence-electron chi connectivity index (χ3n) is 7.07. The zero-order valence-corrected chi connectivity index (χ0v) is 23.1. The van der Waals surface area contributed by atoms with Crippen LogP contribution in [0.3, 0.4) is 0 Å². The average Bonchev–Trinajstić information content (AvgIpc) is 3.03. The predicted molar refractivity (Wildman–Crippen MR) is 176 cm³/mol. The Balaban J connectivity index is 1.23. The van der Waals surface area contributed by atoms with E-state index in [9.17, 15) is 0 Å². The maximum Gasteiger partial charge on any atom is 0.0464 e. The quantitative estimate of drug-likeness (QED) is 0.181. The number of hydrogen-bond donors (Lipinski definition) is 0. The van der Waals surface area contributed by atoms with Crippen molar-refractivity contribution in [2.45, 2.75) is 6.92 Å². The van der Waals surface area contributed by atoms with Gasteiger partial charge in [0.15, 0.2) is 0 Å². The Morgan fingerprint density at radius 1 is 0.341 bits per heavy atom. The molecule has 6 aromatic rings. The van der Waals surface area contributed by atoms with Gasteiger partial charge in [-0.15, -0.1) is 0 Å². The first-order chi connectivity index (χ1) is 20.2. The number of para-hydroxylation sites is 3. The van der Waals surface area contributed by atoms with Crippen molar-refractivity contribution in [3.8, 4) is 0 Å². The summed E-state index contributed by atoms with van der Waals surface area (Å²) >= 11 is 0. The van der Waals surface area contributed by atoms with Gasteiger partial charge in [-0.25, -0.2) is 0 Å². The number of hydrogen-bond acceptors (Lipinski definition) is 2. The Bertz CT molecular complexity index is 1670. The summed E-state index contributed by atoms with van der Waals surface area (Å²) in [6.07, 6.45) is 4.34. The molecule has 0 radical (unpaired) electrons. The highest BCUT2D eigenvalue weighted by Gasteiger charge is 2.13. The lowest BCUT2D eigenvalue weighted by atomic mass is 10.1. The maximum atomic E-state index is 2.30. The lowest BCUT2D eigenvalue weighted by molar-refractivity contribution is 1.27. The minimum Gasteiger partial charge on any atom is -0.311 e. The summed E-state index contributed by atoms with van der Waals surface area (Å²) in [6, 6.07) is 57.6. The Kier molecular flexibility index (Phi) is 7.73. The normalized spacial score (nSPS) is 11.0. The fourth-order valence-electron chi connectivity index (χ4n) is 5.05. The SMILES string of the molecule is Cc1cccc(N(c2ccccc2)c2ccc(C=Cc3ccc(N(c4ccccc4)c4ccccc4)cc3)cc2)c1. The van der Waals surface area contributed by atoms with Crippen LogP contribution in [0.2, 0.25) is 0 Å². The van der Waals surface area contributed by atoms with Crippen LogP contribution in [-0.2, 0) is 0 Å². The van der Waals surface area contributed by atoms with E-state index in [4.69, 9.17) is 0 Å². The van der Waals surface area contributed by atoms with Gasteiger partial charge in [0.1, 0.15) is 0 Å². The number of rotatable bonds is 8. The maximum absolute atomic E-state index is 2.30. The summed E-state index contributed by atoms with van der Waals surface area (Å²) in [4.78, 5) is 4.57. The molecule has 0 fully saturated rings. The molecule has 0 aliphatic carbocycles. The van der Waals surface area contributed by atoms with E-state index in [1.807, 2.05) is 0 Å². The Morgan fingerprint density at radius 3 is 1.07 bits per heavy atom. The smallest absolute Gasteiger partial charge is 0.0464 e. The van der Waals surface area contributed by atoms with Crippen LogP contribution in [0.25, 0.3) is 12.2 Å². The molecule has 41 heavy (non-hydrogen) atoms. The molecule has 0 aromatic heterocycles. The molecule has 2 nitrogen and oxygen atoms in total. The number of anilines is 6. The van der Waals surface area contributed by atoms with E-state index in [1.54, 1.807) is 0 Å². The van der Waals surface area contributed by atoms with Crippen molar-refractivity contribution >= 4 is 46.3 Å². The van der Waals surface area contributed by atoms with Crippen LogP contribution in [-0.4, -0.2) is 0 Å². The highest BCUT2D eigenvalue weighted by Crippen LogP contribution is 2.36. The van der Waals surface area contributed by atoms with Crippen molar-refractivity contribution in [2.24, 2.45) is 0 Å². The number of aryl methyl sites for hydroxylation is 1. The minimum atomic E-state index is 1.13. The van der Waals surface area contributed by atoms with Crippen LogP contribution in [0.1, 0.15) is 16.7 Å². The van der Waals surface area contributed by atoms with Crippen LogP contribution in [0.15, 0.2) is 164 Å². The second-order valence-corrected chi connectivity index (χ2v) is 10.0. The summed E-state index contributed by atoms with van der Waals surface area (Å²) < 4.78 is 0. The van der Waals surface area contributed by atoms with Crippen LogP contribution < -0.4 is 9.80 Å². The van der Waals surface area contributed by atoms with Crippen LogP contribution in [0, 0.1) is 6.92 Å². The second-order valence-electron chi connectivity index (χ2n) is 10.0.